The predicted octanol–water partition coefficient (Wildman–Crippen LogP) is 4.70. The molecule has 0 aromatic heterocycles. The topological polar surface area (TPSA) is 58.6 Å². The van der Waals surface area contributed by atoms with E-state index in [1.807, 2.05) is 86.6 Å². The van der Waals surface area contributed by atoms with Gasteiger partial charge in [-0.3, -0.25) is 14.5 Å². The maximum Gasteiger partial charge on any atom is 0.278 e. The van der Waals surface area contributed by atoms with E-state index < -0.39 is 0 Å². The second kappa shape index (κ2) is 8.48. The van der Waals surface area contributed by atoms with Gasteiger partial charge in [-0.15, -0.1) is 0 Å². The molecule has 1 aliphatic heterocycles. The minimum atomic E-state index is -0.354. The number of carbonyl (C=O) groups excluding carboxylic acids is 2. The Morgan fingerprint density at radius 3 is 2.29 bits per heavy atom. The van der Waals surface area contributed by atoms with Crippen molar-refractivity contribution in [2.45, 2.75) is 20.4 Å². The molecule has 4 rings (SSSR count). The van der Waals surface area contributed by atoms with Crippen molar-refractivity contribution in [3.8, 4) is 5.75 Å². The number of nitrogens with one attached hydrogen (secondary N) is 1. The Labute approximate surface area is 182 Å². The summed E-state index contributed by atoms with van der Waals surface area (Å²) >= 11 is 0. The monoisotopic (exact) mass is 412 g/mol. The molecule has 5 nitrogen and oxygen atoms in total. The third kappa shape index (κ3) is 4.08. The van der Waals surface area contributed by atoms with Gasteiger partial charge in [0.1, 0.15) is 11.4 Å². The van der Waals surface area contributed by atoms with E-state index in [4.69, 9.17) is 4.74 Å². The molecule has 0 bridgehead atoms. The first-order valence-corrected chi connectivity index (χ1v) is 10.1. The highest BCUT2D eigenvalue weighted by Gasteiger charge is 2.39. The van der Waals surface area contributed by atoms with Crippen LogP contribution in [0.3, 0.4) is 0 Å². The van der Waals surface area contributed by atoms with Gasteiger partial charge in [-0.05, 0) is 43.2 Å². The second-order valence-corrected chi connectivity index (χ2v) is 7.62. The molecule has 0 unspecified atom stereocenters. The van der Waals surface area contributed by atoms with Gasteiger partial charge in [0.05, 0.1) is 19.2 Å². The van der Waals surface area contributed by atoms with Crippen LogP contribution in [0, 0.1) is 13.8 Å². The molecule has 0 saturated heterocycles. The van der Waals surface area contributed by atoms with Crippen molar-refractivity contribution in [3.63, 3.8) is 0 Å². The average Bonchev–Trinajstić information content (AvgIpc) is 2.99. The summed E-state index contributed by atoms with van der Waals surface area (Å²) < 4.78 is 5.41. The molecule has 31 heavy (non-hydrogen) atoms. The second-order valence-electron chi connectivity index (χ2n) is 7.62. The van der Waals surface area contributed by atoms with Gasteiger partial charge in [0.2, 0.25) is 0 Å². The lowest BCUT2D eigenvalue weighted by atomic mass is 10.0. The molecule has 1 aliphatic rings. The Morgan fingerprint density at radius 1 is 0.839 bits per heavy atom. The van der Waals surface area contributed by atoms with Crippen LogP contribution in [0.25, 0.3) is 5.57 Å². The molecule has 0 fully saturated rings. The summed E-state index contributed by atoms with van der Waals surface area (Å²) in [5, 5.41) is 3.21. The zero-order valence-electron chi connectivity index (χ0n) is 17.8. The van der Waals surface area contributed by atoms with Crippen molar-refractivity contribution in [2.75, 3.05) is 12.4 Å². The van der Waals surface area contributed by atoms with E-state index in [2.05, 4.69) is 5.32 Å². The Kier molecular flexibility index (Phi) is 5.58. The maximum absolute atomic E-state index is 13.4. The number of nitrogens with zero attached hydrogens (tertiary/aromatic N) is 1. The Hall–Kier alpha value is -3.86. The summed E-state index contributed by atoms with van der Waals surface area (Å²) in [7, 11) is 1.58. The van der Waals surface area contributed by atoms with Crippen molar-refractivity contribution in [2.24, 2.45) is 0 Å². The van der Waals surface area contributed by atoms with Crippen LogP contribution < -0.4 is 10.1 Å². The molecule has 0 radical (unpaired) electrons. The van der Waals surface area contributed by atoms with Gasteiger partial charge in [-0.2, -0.15) is 0 Å². The van der Waals surface area contributed by atoms with E-state index in [1.165, 1.54) is 4.90 Å². The van der Waals surface area contributed by atoms with Crippen molar-refractivity contribution >= 4 is 23.1 Å². The fourth-order valence-electron chi connectivity index (χ4n) is 3.69. The van der Waals surface area contributed by atoms with Gasteiger partial charge in [0.25, 0.3) is 11.8 Å². The molecule has 3 aromatic carbocycles. The van der Waals surface area contributed by atoms with Gasteiger partial charge in [-0.1, -0.05) is 60.2 Å². The molecule has 0 saturated carbocycles. The lowest BCUT2D eigenvalue weighted by molar-refractivity contribution is -0.137. The minimum Gasteiger partial charge on any atom is -0.496 e. The number of hydrogen-bond donors (Lipinski definition) is 1. The summed E-state index contributed by atoms with van der Waals surface area (Å²) in [4.78, 5) is 28.1. The number of imide groups is 1. The number of carbonyl (C=O) groups is 2. The fourth-order valence-corrected chi connectivity index (χ4v) is 3.69. The number of ether oxygens (including phenoxy) is 1. The molecule has 0 atom stereocenters. The smallest absolute Gasteiger partial charge is 0.278 e. The summed E-state index contributed by atoms with van der Waals surface area (Å²) in [6.07, 6.45) is 0. The first kappa shape index (κ1) is 20.4. The van der Waals surface area contributed by atoms with E-state index in [0.29, 0.717) is 16.9 Å². The Morgan fingerprint density at radius 2 is 1.58 bits per heavy atom. The highest BCUT2D eigenvalue weighted by molar-refractivity contribution is 6.36. The molecule has 0 spiro atoms. The van der Waals surface area contributed by atoms with E-state index in [-0.39, 0.29) is 24.1 Å². The number of benzene rings is 3. The first-order valence-electron chi connectivity index (χ1n) is 10.1. The molecule has 1 heterocycles. The molecule has 156 valence electrons. The minimum absolute atomic E-state index is 0.135. The molecule has 0 aliphatic carbocycles. The highest BCUT2D eigenvalue weighted by atomic mass is 16.5. The van der Waals surface area contributed by atoms with Crippen LogP contribution in [0.15, 0.2) is 78.5 Å². The standard InChI is InChI=1S/C26H24N2O3/c1-17-11-13-19(14-12-17)23-24(27-21-9-6-7-18(2)15-21)26(30)28(25(23)29)16-20-8-4-5-10-22(20)31-3/h4-15,27H,16H2,1-3H3. The van der Waals surface area contributed by atoms with Gasteiger partial charge >= 0.3 is 0 Å². The van der Waals surface area contributed by atoms with Crippen molar-refractivity contribution in [3.05, 3.63) is 101 Å². The SMILES string of the molecule is COc1ccccc1CN1C(=O)C(Nc2cccc(C)c2)=C(c2ccc(C)cc2)C1=O. The average molecular weight is 412 g/mol. The highest BCUT2D eigenvalue weighted by Crippen LogP contribution is 2.33. The van der Waals surface area contributed by atoms with Crippen molar-refractivity contribution in [1.29, 1.82) is 0 Å². The predicted molar refractivity (Wildman–Crippen MR) is 121 cm³/mol. The van der Waals surface area contributed by atoms with Gasteiger partial charge < -0.3 is 10.1 Å². The number of hydrogen-bond acceptors (Lipinski definition) is 4. The summed E-state index contributed by atoms with van der Waals surface area (Å²) in [6.45, 7) is 4.10. The molecular formula is C26H24N2O3. The van der Waals surface area contributed by atoms with Crippen LogP contribution in [0.5, 0.6) is 5.75 Å². The van der Waals surface area contributed by atoms with Crippen LogP contribution in [-0.2, 0) is 16.1 Å². The fraction of sp³-hybridized carbons (Fsp3) is 0.154. The van der Waals surface area contributed by atoms with E-state index in [9.17, 15) is 9.59 Å². The Bertz CT molecular complexity index is 1180. The molecule has 1 N–H and O–H groups in total. The molecular weight excluding hydrogens is 388 g/mol. The number of anilines is 1. The van der Waals surface area contributed by atoms with Crippen LogP contribution in [0.1, 0.15) is 22.3 Å². The maximum atomic E-state index is 13.4. The first-order chi connectivity index (χ1) is 15.0. The summed E-state index contributed by atoms with van der Waals surface area (Å²) in [6, 6.07) is 22.7. The Balaban J connectivity index is 1.75. The number of methoxy groups -OCH3 is 1. The summed E-state index contributed by atoms with van der Waals surface area (Å²) in [5.41, 5.74) is 5.05. The normalized spacial score (nSPS) is 13.7. The van der Waals surface area contributed by atoms with Crippen LogP contribution in [0.4, 0.5) is 5.69 Å². The molecule has 3 aromatic rings. The lowest BCUT2D eigenvalue weighted by Crippen LogP contribution is -2.32. The van der Waals surface area contributed by atoms with Gasteiger partial charge in [0.15, 0.2) is 0 Å². The van der Waals surface area contributed by atoms with Gasteiger partial charge in [-0.25, -0.2) is 0 Å². The number of rotatable bonds is 6. The van der Waals surface area contributed by atoms with E-state index in [0.717, 1.165) is 22.4 Å². The van der Waals surface area contributed by atoms with Crippen LogP contribution >= 0.6 is 0 Å². The van der Waals surface area contributed by atoms with E-state index in [1.54, 1.807) is 7.11 Å². The number of amides is 2. The molecule has 2 amide bonds. The van der Waals surface area contributed by atoms with Crippen LogP contribution in [0.2, 0.25) is 0 Å². The number of aryl methyl sites for hydroxylation is 2. The van der Waals surface area contributed by atoms with E-state index >= 15 is 0 Å². The molecule has 5 heteroatoms. The quantitative estimate of drug-likeness (QED) is 0.596. The third-order valence-electron chi connectivity index (χ3n) is 5.32. The largest absolute Gasteiger partial charge is 0.496 e. The zero-order valence-corrected chi connectivity index (χ0v) is 17.8. The number of para-hydroxylation sites is 1. The lowest BCUT2D eigenvalue weighted by Gasteiger charge is -2.17. The van der Waals surface area contributed by atoms with Crippen molar-refractivity contribution in [1.82, 2.24) is 4.90 Å². The third-order valence-corrected chi connectivity index (χ3v) is 5.32. The summed E-state index contributed by atoms with van der Waals surface area (Å²) in [5.74, 6) is -0.0389. The van der Waals surface area contributed by atoms with Crippen LogP contribution in [-0.4, -0.2) is 23.8 Å². The van der Waals surface area contributed by atoms with Gasteiger partial charge in [0, 0.05) is 11.3 Å². The zero-order chi connectivity index (χ0) is 22.0. The van der Waals surface area contributed by atoms with Crippen molar-refractivity contribution < 1.29 is 14.3 Å².